The second-order valence-corrected chi connectivity index (χ2v) is 6.77. The van der Waals surface area contributed by atoms with Gasteiger partial charge in [0, 0.05) is 18.2 Å². The number of aryl methyl sites for hydroxylation is 1. The van der Waals surface area contributed by atoms with Crippen molar-refractivity contribution >= 4 is 23.2 Å². The van der Waals surface area contributed by atoms with Crippen molar-refractivity contribution in [1.29, 1.82) is 0 Å². The van der Waals surface area contributed by atoms with Crippen LogP contribution in [0.1, 0.15) is 16.8 Å². The Balaban J connectivity index is 1.73. The molecular weight excluding hydrogens is 389 g/mol. The molecule has 0 amide bonds. The van der Waals surface area contributed by atoms with Crippen LogP contribution in [0.5, 0.6) is 11.5 Å². The normalized spacial score (nSPS) is 10.6. The summed E-state index contributed by atoms with van der Waals surface area (Å²) in [4.78, 5) is 11.6. The Labute approximate surface area is 166 Å². The first-order chi connectivity index (χ1) is 12.9. The van der Waals surface area contributed by atoms with E-state index in [2.05, 4.69) is 0 Å². The molecule has 1 aromatic heterocycles. The number of halogens is 2. The number of hydrogen-bond donors (Lipinski definition) is 1. The zero-order valence-corrected chi connectivity index (χ0v) is 16.0. The van der Waals surface area contributed by atoms with Crippen molar-refractivity contribution in [3.63, 3.8) is 0 Å². The van der Waals surface area contributed by atoms with E-state index in [1.54, 1.807) is 25.1 Å². The van der Waals surface area contributed by atoms with E-state index in [0.29, 0.717) is 22.7 Å². The Morgan fingerprint density at radius 2 is 1.63 bits per heavy atom. The van der Waals surface area contributed by atoms with Gasteiger partial charge in [0.05, 0.1) is 15.7 Å². The first kappa shape index (κ1) is 19.1. The number of benzene rings is 2. The Morgan fingerprint density at radius 1 is 0.963 bits per heavy atom. The summed E-state index contributed by atoms with van der Waals surface area (Å²) in [5.74, 6) is 0.759. The minimum absolute atomic E-state index is 0.0723. The molecule has 7 heteroatoms. The maximum absolute atomic E-state index is 11.6. The van der Waals surface area contributed by atoms with Gasteiger partial charge in [-0.15, -0.1) is 4.73 Å². The summed E-state index contributed by atoms with van der Waals surface area (Å²) in [6.45, 7) is 2.06. The fourth-order valence-corrected chi connectivity index (χ4v) is 3.09. The third-order valence-electron chi connectivity index (χ3n) is 3.81. The molecule has 1 heterocycles. The molecule has 1 N–H and O–H groups in total. The standard InChI is InChI=1S/C20H17Cl2NO4/c1-13-7-15(23(25)19(24)8-13)12-27-20-17(21)9-16(10-18(20)22)26-11-14-5-3-2-4-6-14/h2-10,25H,11-12H2,1H3. The molecule has 0 fully saturated rings. The average Bonchev–Trinajstić information content (AvgIpc) is 2.64. The van der Waals surface area contributed by atoms with Crippen LogP contribution in [0.15, 0.2) is 59.4 Å². The maximum atomic E-state index is 11.6. The molecule has 3 rings (SSSR count). The highest BCUT2D eigenvalue weighted by molar-refractivity contribution is 6.37. The van der Waals surface area contributed by atoms with Gasteiger partial charge in [0.25, 0.3) is 5.56 Å². The van der Waals surface area contributed by atoms with Gasteiger partial charge in [0.15, 0.2) is 5.75 Å². The minimum atomic E-state index is -0.532. The van der Waals surface area contributed by atoms with Crippen LogP contribution in [0, 0.1) is 6.92 Å². The molecule has 0 aliphatic rings. The Hall–Kier alpha value is -2.63. The zero-order chi connectivity index (χ0) is 19.4. The van der Waals surface area contributed by atoms with Gasteiger partial charge in [0.2, 0.25) is 0 Å². The summed E-state index contributed by atoms with van der Waals surface area (Å²) in [7, 11) is 0. The number of aromatic nitrogens is 1. The maximum Gasteiger partial charge on any atom is 0.283 e. The highest BCUT2D eigenvalue weighted by Gasteiger charge is 2.13. The first-order valence-electron chi connectivity index (χ1n) is 8.14. The van der Waals surface area contributed by atoms with Crippen molar-refractivity contribution in [1.82, 2.24) is 4.73 Å². The van der Waals surface area contributed by atoms with E-state index in [-0.39, 0.29) is 28.1 Å². The van der Waals surface area contributed by atoms with E-state index >= 15 is 0 Å². The number of ether oxygens (including phenoxy) is 2. The molecule has 0 saturated heterocycles. The summed E-state index contributed by atoms with van der Waals surface area (Å²) in [6, 6.07) is 15.9. The van der Waals surface area contributed by atoms with Gasteiger partial charge >= 0.3 is 0 Å². The van der Waals surface area contributed by atoms with E-state index < -0.39 is 5.56 Å². The largest absolute Gasteiger partial charge is 0.489 e. The molecule has 0 aliphatic carbocycles. The lowest BCUT2D eigenvalue weighted by molar-refractivity contribution is 0.147. The van der Waals surface area contributed by atoms with Gasteiger partial charge in [-0.05, 0) is 24.1 Å². The molecule has 0 aliphatic heterocycles. The molecule has 5 nitrogen and oxygen atoms in total. The lowest BCUT2D eigenvalue weighted by Gasteiger charge is -2.14. The number of hydrogen-bond acceptors (Lipinski definition) is 4. The van der Waals surface area contributed by atoms with E-state index in [9.17, 15) is 10.0 Å². The smallest absolute Gasteiger partial charge is 0.283 e. The lowest BCUT2D eigenvalue weighted by atomic mass is 10.2. The van der Waals surface area contributed by atoms with Crippen molar-refractivity contribution in [2.24, 2.45) is 0 Å². The SMILES string of the molecule is Cc1cc(COc2c(Cl)cc(OCc3ccccc3)cc2Cl)n(O)c(=O)c1. The van der Waals surface area contributed by atoms with Gasteiger partial charge in [0.1, 0.15) is 19.0 Å². The predicted octanol–water partition coefficient (Wildman–Crippen LogP) is 4.86. The number of nitrogens with zero attached hydrogens (tertiary/aromatic N) is 1. The Bertz CT molecular complexity index is 980. The topological polar surface area (TPSA) is 60.7 Å². The fraction of sp³-hybridized carbons (Fsp3) is 0.150. The molecule has 0 bridgehead atoms. The predicted molar refractivity (Wildman–Crippen MR) is 104 cm³/mol. The molecule has 0 saturated carbocycles. The van der Waals surface area contributed by atoms with Gasteiger partial charge in [-0.2, -0.15) is 0 Å². The van der Waals surface area contributed by atoms with Crippen LogP contribution in [0.25, 0.3) is 0 Å². The quantitative estimate of drug-likeness (QED) is 0.594. The number of pyridine rings is 1. The van der Waals surface area contributed by atoms with Crippen LogP contribution in [-0.2, 0) is 13.2 Å². The van der Waals surface area contributed by atoms with Crippen LogP contribution in [-0.4, -0.2) is 9.94 Å². The molecule has 0 radical (unpaired) electrons. The molecule has 27 heavy (non-hydrogen) atoms. The molecular formula is C20H17Cl2NO4. The van der Waals surface area contributed by atoms with Gasteiger partial charge in [-0.25, -0.2) is 0 Å². The van der Waals surface area contributed by atoms with Crippen molar-refractivity contribution in [2.45, 2.75) is 20.1 Å². The van der Waals surface area contributed by atoms with Crippen LogP contribution >= 0.6 is 23.2 Å². The summed E-state index contributed by atoms with van der Waals surface area (Å²) in [6.07, 6.45) is 0. The Morgan fingerprint density at radius 3 is 2.30 bits per heavy atom. The van der Waals surface area contributed by atoms with Crippen molar-refractivity contribution in [3.05, 3.63) is 91.8 Å². The fourth-order valence-electron chi connectivity index (χ4n) is 2.51. The summed E-state index contributed by atoms with van der Waals surface area (Å²) in [5, 5.41) is 10.3. The zero-order valence-electron chi connectivity index (χ0n) is 14.5. The van der Waals surface area contributed by atoms with Crippen LogP contribution in [0.3, 0.4) is 0 Å². The third kappa shape index (κ3) is 4.76. The van der Waals surface area contributed by atoms with Gasteiger partial charge in [-0.3, -0.25) is 4.79 Å². The highest BCUT2D eigenvalue weighted by atomic mass is 35.5. The van der Waals surface area contributed by atoms with Crippen molar-refractivity contribution < 1.29 is 14.7 Å². The molecule has 140 valence electrons. The Kier molecular flexibility index (Phi) is 5.94. The van der Waals surface area contributed by atoms with Crippen LogP contribution in [0.2, 0.25) is 10.0 Å². The second kappa shape index (κ2) is 8.37. The van der Waals surface area contributed by atoms with E-state index in [1.807, 2.05) is 30.3 Å². The van der Waals surface area contributed by atoms with Crippen molar-refractivity contribution in [3.8, 4) is 11.5 Å². The van der Waals surface area contributed by atoms with Gasteiger partial charge < -0.3 is 14.7 Å². The third-order valence-corrected chi connectivity index (χ3v) is 4.37. The minimum Gasteiger partial charge on any atom is -0.489 e. The molecule has 0 unspecified atom stereocenters. The van der Waals surface area contributed by atoms with E-state index in [0.717, 1.165) is 5.56 Å². The van der Waals surface area contributed by atoms with Crippen molar-refractivity contribution in [2.75, 3.05) is 0 Å². The summed E-state index contributed by atoms with van der Waals surface area (Å²) in [5.41, 5.74) is 1.49. The average molecular weight is 406 g/mol. The molecule has 0 spiro atoms. The van der Waals surface area contributed by atoms with Gasteiger partial charge in [-0.1, -0.05) is 53.5 Å². The van der Waals surface area contributed by atoms with Crippen LogP contribution < -0.4 is 15.0 Å². The second-order valence-electron chi connectivity index (χ2n) is 5.95. The monoisotopic (exact) mass is 405 g/mol. The first-order valence-corrected chi connectivity index (χ1v) is 8.90. The summed E-state index contributed by atoms with van der Waals surface area (Å²) >= 11 is 12.5. The molecule has 2 aromatic carbocycles. The van der Waals surface area contributed by atoms with Crippen LogP contribution in [0.4, 0.5) is 0 Å². The molecule has 3 aromatic rings. The lowest BCUT2D eigenvalue weighted by Crippen LogP contribution is -2.22. The number of rotatable bonds is 6. The summed E-state index contributed by atoms with van der Waals surface area (Å²) < 4.78 is 11.9. The van der Waals surface area contributed by atoms with E-state index in [1.165, 1.54) is 6.07 Å². The molecule has 0 atom stereocenters. The van der Waals surface area contributed by atoms with E-state index in [4.69, 9.17) is 32.7 Å². The highest BCUT2D eigenvalue weighted by Crippen LogP contribution is 2.37.